The molecule has 1 unspecified atom stereocenters. The molecular formula is C26H22N4O2. The van der Waals surface area contributed by atoms with Crippen LogP contribution in [0.5, 0.6) is 5.75 Å². The number of carbonyl (C=O) groups excluding carboxylic acids is 1. The van der Waals surface area contributed by atoms with Crippen molar-refractivity contribution in [1.29, 1.82) is 0 Å². The highest BCUT2D eigenvalue weighted by molar-refractivity contribution is 6.02. The summed E-state index contributed by atoms with van der Waals surface area (Å²) in [4.78, 5) is 16.6. The molecule has 0 aliphatic carbocycles. The van der Waals surface area contributed by atoms with Crippen LogP contribution in [-0.2, 0) is 4.79 Å². The number of H-pyrrole nitrogens is 1. The van der Waals surface area contributed by atoms with Crippen LogP contribution in [0.2, 0.25) is 0 Å². The van der Waals surface area contributed by atoms with Gasteiger partial charge in [-0.1, -0.05) is 24.3 Å². The third kappa shape index (κ3) is 3.90. The number of methoxy groups -OCH3 is 1. The molecule has 6 heteroatoms. The first-order valence-electron chi connectivity index (χ1n) is 10.4. The van der Waals surface area contributed by atoms with Crippen molar-refractivity contribution >= 4 is 35.0 Å². The van der Waals surface area contributed by atoms with E-state index in [-0.39, 0.29) is 11.8 Å². The number of nitrogens with zero attached hydrogens (tertiary/aromatic N) is 2. The van der Waals surface area contributed by atoms with Gasteiger partial charge in [-0.15, -0.1) is 0 Å². The zero-order chi connectivity index (χ0) is 21.9. The molecule has 6 nitrogen and oxygen atoms in total. The minimum Gasteiger partial charge on any atom is -0.497 e. The minimum absolute atomic E-state index is 0.00438. The van der Waals surface area contributed by atoms with Crippen LogP contribution in [0, 0.1) is 0 Å². The molecule has 158 valence electrons. The van der Waals surface area contributed by atoms with Crippen LogP contribution < -0.4 is 10.1 Å². The first-order valence-corrected chi connectivity index (χ1v) is 10.4. The fraction of sp³-hybridized carbons (Fsp3) is 0.115. The lowest BCUT2D eigenvalue weighted by atomic mass is 9.92. The lowest BCUT2D eigenvalue weighted by Crippen LogP contribution is -2.14. The van der Waals surface area contributed by atoms with Gasteiger partial charge in [0.05, 0.1) is 18.3 Å². The highest BCUT2D eigenvalue weighted by Crippen LogP contribution is 2.31. The molecule has 1 aliphatic rings. The second kappa shape index (κ2) is 8.51. The Morgan fingerprint density at radius 2 is 1.81 bits per heavy atom. The summed E-state index contributed by atoms with van der Waals surface area (Å²) in [7, 11) is 1.65. The van der Waals surface area contributed by atoms with Crippen molar-refractivity contribution in [3.8, 4) is 5.75 Å². The molecule has 2 N–H and O–H groups in total. The van der Waals surface area contributed by atoms with Gasteiger partial charge >= 0.3 is 0 Å². The number of aromatic amines is 1. The summed E-state index contributed by atoms with van der Waals surface area (Å²) in [5, 5.41) is 11.5. The third-order valence-corrected chi connectivity index (χ3v) is 5.70. The van der Waals surface area contributed by atoms with Gasteiger partial charge in [0.15, 0.2) is 0 Å². The molecule has 3 heterocycles. The van der Waals surface area contributed by atoms with Crippen LogP contribution >= 0.6 is 0 Å². The van der Waals surface area contributed by atoms with Gasteiger partial charge in [-0.2, -0.15) is 5.10 Å². The molecule has 0 spiro atoms. The molecule has 2 aromatic heterocycles. The maximum atomic E-state index is 12.5. The summed E-state index contributed by atoms with van der Waals surface area (Å²) in [5.74, 6) is 0.774. The van der Waals surface area contributed by atoms with Crippen molar-refractivity contribution in [3.05, 3.63) is 94.9 Å². The van der Waals surface area contributed by atoms with Crippen LogP contribution in [0.15, 0.2) is 72.6 Å². The maximum Gasteiger partial charge on any atom is 0.247 e. The lowest BCUT2D eigenvalue weighted by Gasteiger charge is -2.11. The first kappa shape index (κ1) is 19.8. The summed E-state index contributed by atoms with van der Waals surface area (Å²) < 4.78 is 5.25. The fourth-order valence-corrected chi connectivity index (χ4v) is 3.97. The Labute approximate surface area is 185 Å². The summed E-state index contributed by atoms with van der Waals surface area (Å²) in [6.07, 6.45) is 9.48. The molecule has 1 amide bonds. The number of carbonyl (C=O) groups is 1. The molecule has 1 aliphatic heterocycles. The van der Waals surface area contributed by atoms with Crippen molar-refractivity contribution in [1.82, 2.24) is 20.5 Å². The fourth-order valence-electron chi connectivity index (χ4n) is 3.97. The Hall–Kier alpha value is -4.19. The molecule has 1 atom stereocenters. The number of nitrogens with one attached hydrogen (secondary N) is 2. The van der Waals surface area contributed by atoms with E-state index >= 15 is 0 Å². The van der Waals surface area contributed by atoms with E-state index in [9.17, 15) is 4.79 Å². The molecule has 0 saturated carbocycles. The quantitative estimate of drug-likeness (QED) is 0.466. The number of amides is 1. The lowest BCUT2D eigenvalue weighted by molar-refractivity contribution is -0.116. The van der Waals surface area contributed by atoms with Gasteiger partial charge < -0.3 is 10.1 Å². The molecule has 0 bridgehead atoms. The van der Waals surface area contributed by atoms with E-state index in [0.717, 1.165) is 44.6 Å². The van der Waals surface area contributed by atoms with Crippen LogP contribution in [0.3, 0.4) is 0 Å². The van der Waals surface area contributed by atoms with Crippen molar-refractivity contribution in [3.63, 3.8) is 0 Å². The SMILES string of the molecule is COc1ccc(C2CNC(=O)/C2=C/c2ccc3c(/C=C/c4ccncc4)n[nH]c3c2)cc1. The predicted molar refractivity (Wildman–Crippen MR) is 126 cm³/mol. The van der Waals surface area contributed by atoms with Crippen molar-refractivity contribution in [2.24, 2.45) is 0 Å². The number of ether oxygens (including phenoxy) is 1. The number of hydrogen-bond donors (Lipinski definition) is 2. The number of hydrogen-bond acceptors (Lipinski definition) is 4. The van der Waals surface area contributed by atoms with Crippen molar-refractivity contribution in [2.45, 2.75) is 5.92 Å². The van der Waals surface area contributed by atoms with E-state index in [0.29, 0.717) is 6.54 Å². The van der Waals surface area contributed by atoms with Crippen LogP contribution in [0.4, 0.5) is 0 Å². The average Bonchev–Trinajstić information content (AvgIpc) is 3.41. The molecule has 2 aromatic carbocycles. The monoisotopic (exact) mass is 422 g/mol. The number of fused-ring (bicyclic) bond motifs is 1. The van der Waals surface area contributed by atoms with Crippen LogP contribution in [-0.4, -0.2) is 34.7 Å². The third-order valence-electron chi connectivity index (χ3n) is 5.70. The zero-order valence-electron chi connectivity index (χ0n) is 17.6. The molecule has 32 heavy (non-hydrogen) atoms. The van der Waals surface area contributed by atoms with E-state index in [1.807, 2.05) is 72.8 Å². The predicted octanol–water partition coefficient (Wildman–Crippen LogP) is 4.43. The van der Waals surface area contributed by atoms with Crippen LogP contribution in [0.1, 0.15) is 28.3 Å². The molecular weight excluding hydrogens is 400 g/mol. The van der Waals surface area contributed by atoms with Gasteiger partial charge in [-0.25, -0.2) is 0 Å². The maximum absolute atomic E-state index is 12.5. The van der Waals surface area contributed by atoms with E-state index in [4.69, 9.17) is 4.74 Å². The standard InChI is InChI=1S/C26H22N4O2/c1-32-20-6-4-19(5-7-20)23-16-28-26(31)22(23)14-18-2-8-21-24(29-30-25(21)15-18)9-3-17-10-12-27-13-11-17/h2-15,23H,16H2,1H3,(H,28,31)(H,29,30)/b9-3+,22-14+. The summed E-state index contributed by atoms with van der Waals surface area (Å²) in [6, 6.07) is 17.8. The normalized spacial score (nSPS) is 17.3. The molecule has 1 saturated heterocycles. The van der Waals surface area contributed by atoms with Gasteiger partial charge in [0, 0.05) is 35.8 Å². The first-order chi connectivity index (χ1) is 15.7. The molecule has 0 radical (unpaired) electrons. The Kier molecular flexibility index (Phi) is 5.25. The number of pyridine rings is 1. The smallest absolute Gasteiger partial charge is 0.247 e. The zero-order valence-corrected chi connectivity index (χ0v) is 17.6. The van der Waals surface area contributed by atoms with Crippen LogP contribution in [0.25, 0.3) is 29.1 Å². The Morgan fingerprint density at radius 3 is 2.59 bits per heavy atom. The minimum atomic E-state index is -0.0310. The second-order valence-corrected chi connectivity index (χ2v) is 7.66. The number of rotatable bonds is 5. The number of aromatic nitrogens is 3. The number of benzene rings is 2. The highest BCUT2D eigenvalue weighted by Gasteiger charge is 2.29. The van der Waals surface area contributed by atoms with E-state index < -0.39 is 0 Å². The summed E-state index contributed by atoms with van der Waals surface area (Å²) >= 11 is 0. The topological polar surface area (TPSA) is 79.9 Å². The molecule has 4 aromatic rings. The Morgan fingerprint density at radius 1 is 1.00 bits per heavy atom. The summed E-state index contributed by atoms with van der Waals surface area (Å²) in [5.41, 5.74) is 5.65. The largest absolute Gasteiger partial charge is 0.497 e. The second-order valence-electron chi connectivity index (χ2n) is 7.66. The van der Waals surface area contributed by atoms with E-state index in [1.54, 1.807) is 19.5 Å². The van der Waals surface area contributed by atoms with Gasteiger partial charge in [-0.3, -0.25) is 14.9 Å². The molecule has 5 rings (SSSR count). The Bertz CT molecular complexity index is 1320. The Balaban J connectivity index is 1.43. The van der Waals surface area contributed by atoms with Gasteiger partial charge in [0.2, 0.25) is 5.91 Å². The van der Waals surface area contributed by atoms with Crippen molar-refractivity contribution < 1.29 is 9.53 Å². The molecule has 1 fully saturated rings. The van der Waals surface area contributed by atoms with Crippen molar-refractivity contribution in [2.75, 3.05) is 13.7 Å². The van der Waals surface area contributed by atoms with Gasteiger partial charge in [0.25, 0.3) is 0 Å². The average molecular weight is 422 g/mol. The van der Waals surface area contributed by atoms with Gasteiger partial charge in [0.1, 0.15) is 5.75 Å². The van der Waals surface area contributed by atoms with Gasteiger partial charge in [-0.05, 0) is 65.2 Å². The highest BCUT2D eigenvalue weighted by atomic mass is 16.5. The summed E-state index contributed by atoms with van der Waals surface area (Å²) in [6.45, 7) is 0.591. The van der Waals surface area contributed by atoms with E-state index in [1.165, 1.54) is 0 Å². The van der Waals surface area contributed by atoms with E-state index in [2.05, 4.69) is 20.5 Å².